The summed E-state index contributed by atoms with van der Waals surface area (Å²) in [4.78, 5) is 25.4. The zero-order valence-electron chi connectivity index (χ0n) is 10.3. The number of aromatic nitrogens is 2. The van der Waals surface area contributed by atoms with Crippen LogP contribution in [0.25, 0.3) is 0 Å². The van der Waals surface area contributed by atoms with Gasteiger partial charge < -0.3 is 5.32 Å². The second kappa shape index (κ2) is 5.22. The van der Waals surface area contributed by atoms with Crippen molar-refractivity contribution in [2.45, 2.75) is 13.3 Å². The molecule has 0 bridgehead atoms. The lowest BCUT2D eigenvalue weighted by Gasteiger charge is -2.04. The van der Waals surface area contributed by atoms with Gasteiger partial charge in [0.1, 0.15) is 5.69 Å². The molecule has 2 aromatic rings. The van der Waals surface area contributed by atoms with E-state index in [1.807, 2.05) is 0 Å². The number of aryl methyl sites for hydroxylation is 2. The molecule has 18 heavy (non-hydrogen) atoms. The fourth-order valence-corrected chi connectivity index (χ4v) is 2.60. The molecular weight excluding hydrogens is 250 g/mol. The minimum absolute atomic E-state index is 0.232. The summed E-state index contributed by atoms with van der Waals surface area (Å²) >= 11 is 1.73. The van der Waals surface area contributed by atoms with Crippen LogP contribution >= 0.6 is 11.3 Å². The molecule has 6 heteroatoms. The van der Waals surface area contributed by atoms with E-state index >= 15 is 0 Å². The third-order valence-corrected chi connectivity index (χ3v) is 3.65. The van der Waals surface area contributed by atoms with Crippen molar-refractivity contribution in [3.8, 4) is 0 Å². The van der Waals surface area contributed by atoms with Crippen LogP contribution in [0, 0.1) is 6.92 Å². The highest BCUT2D eigenvalue weighted by molar-refractivity contribution is 7.11. The molecule has 0 aliphatic heterocycles. The first-order valence-electron chi connectivity index (χ1n) is 5.66. The second-order valence-corrected chi connectivity index (χ2v) is 5.46. The lowest BCUT2D eigenvalue weighted by atomic mass is 10.3. The van der Waals surface area contributed by atoms with Crippen LogP contribution in [0.3, 0.4) is 0 Å². The first-order chi connectivity index (χ1) is 8.56. The molecule has 0 aromatic carbocycles. The van der Waals surface area contributed by atoms with Crippen molar-refractivity contribution in [2.75, 3.05) is 6.54 Å². The quantitative estimate of drug-likeness (QED) is 0.868. The van der Waals surface area contributed by atoms with Gasteiger partial charge in [0, 0.05) is 29.4 Å². The summed E-state index contributed by atoms with van der Waals surface area (Å²) < 4.78 is 1.42. The monoisotopic (exact) mass is 265 g/mol. The maximum atomic E-state index is 11.8. The van der Waals surface area contributed by atoms with E-state index < -0.39 is 0 Å². The first kappa shape index (κ1) is 12.6. The van der Waals surface area contributed by atoms with Gasteiger partial charge in [-0.2, -0.15) is 0 Å². The predicted octanol–water partition coefficient (Wildman–Crippen LogP) is 1.06. The molecule has 2 aromatic heterocycles. The van der Waals surface area contributed by atoms with Crippen molar-refractivity contribution >= 4 is 17.2 Å². The summed E-state index contributed by atoms with van der Waals surface area (Å²) in [5.41, 5.74) is 0.0823. The number of nitrogens with zero attached hydrogens (tertiary/aromatic N) is 1. The van der Waals surface area contributed by atoms with Crippen LogP contribution in [-0.2, 0) is 13.5 Å². The first-order valence-corrected chi connectivity index (χ1v) is 6.47. The fraction of sp³-hybridized carbons (Fsp3) is 0.333. The lowest BCUT2D eigenvalue weighted by Crippen LogP contribution is -2.27. The van der Waals surface area contributed by atoms with Crippen LogP contribution in [0.1, 0.15) is 20.2 Å². The van der Waals surface area contributed by atoms with E-state index in [4.69, 9.17) is 0 Å². The number of carbonyl (C=O) groups is 1. The van der Waals surface area contributed by atoms with Crippen molar-refractivity contribution in [3.05, 3.63) is 44.0 Å². The summed E-state index contributed by atoms with van der Waals surface area (Å²) in [6.07, 6.45) is 0.808. The highest BCUT2D eigenvalue weighted by Crippen LogP contribution is 2.14. The van der Waals surface area contributed by atoms with Crippen molar-refractivity contribution in [1.29, 1.82) is 0 Å². The normalized spacial score (nSPS) is 10.6. The predicted molar refractivity (Wildman–Crippen MR) is 71.1 cm³/mol. The summed E-state index contributed by atoms with van der Waals surface area (Å²) in [7, 11) is 1.64. The van der Waals surface area contributed by atoms with Gasteiger partial charge >= 0.3 is 0 Å². The average molecular weight is 265 g/mol. The smallest absolute Gasteiger partial charge is 0.269 e. The standard InChI is InChI=1S/C12H15N3O2S/c1-8-3-4-9(18-8)5-6-13-12(17)10-7-11(16)14-15(10)2/h3-4,7H,5-6H2,1-2H3,(H,13,17)(H,14,16). The molecular formula is C12H15N3O2S. The number of hydrogen-bond acceptors (Lipinski definition) is 3. The van der Waals surface area contributed by atoms with Gasteiger partial charge in [-0.05, 0) is 25.5 Å². The summed E-state index contributed by atoms with van der Waals surface area (Å²) in [5, 5.41) is 5.30. The molecule has 0 aliphatic rings. The van der Waals surface area contributed by atoms with Gasteiger partial charge in [-0.15, -0.1) is 11.3 Å². The van der Waals surface area contributed by atoms with E-state index in [2.05, 4.69) is 29.5 Å². The molecule has 0 unspecified atom stereocenters. The number of aromatic amines is 1. The molecule has 0 saturated carbocycles. The highest BCUT2D eigenvalue weighted by atomic mass is 32.1. The third-order valence-electron chi connectivity index (χ3n) is 2.59. The molecule has 0 saturated heterocycles. The van der Waals surface area contributed by atoms with Gasteiger partial charge in [0.2, 0.25) is 0 Å². The van der Waals surface area contributed by atoms with Gasteiger partial charge in [-0.25, -0.2) is 0 Å². The largest absolute Gasteiger partial charge is 0.350 e. The molecule has 2 heterocycles. The zero-order chi connectivity index (χ0) is 13.1. The average Bonchev–Trinajstić information content (AvgIpc) is 2.85. The van der Waals surface area contributed by atoms with Crippen LogP contribution in [0.2, 0.25) is 0 Å². The Hall–Kier alpha value is -1.82. The van der Waals surface area contributed by atoms with Crippen LogP contribution in [0.15, 0.2) is 23.0 Å². The van der Waals surface area contributed by atoms with Crippen LogP contribution in [0.5, 0.6) is 0 Å². The summed E-state index contributed by atoms with van der Waals surface area (Å²) in [6, 6.07) is 5.43. The summed E-state index contributed by atoms with van der Waals surface area (Å²) in [6.45, 7) is 2.63. The van der Waals surface area contributed by atoms with E-state index in [9.17, 15) is 9.59 Å². The Morgan fingerprint density at radius 2 is 2.28 bits per heavy atom. The Morgan fingerprint density at radius 3 is 2.83 bits per heavy atom. The number of nitrogens with one attached hydrogen (secondary N) is 2. The lowest BCUT2D eigenvalue weighted by molar-refractivity contribution is 0.0945. The van der Waals surface area contributed by atoms with Crippen LogP contribution < -0.4 is 10.9 Å². The Balaban J connectivity index is 1.89. The maximum absolute atomic E-state index is 11.8. The van der Waals surface area contributed by atoms with Gasteiger partial charge in [0.05, 0.1) is 0 Å². The second-order valence-electron chi connectivity index (χ2n) is 4.08. The van der Waals surface area contributed by atoms with Crippen LogP contribution in [0.4, 0.5) is 0 Å². The number of amides is 1. The fourth-order valence-electron chi connectivity index (χ4n) is 1.71. The van der Waals surface area contributed by atoms with E-state index in [0.29, 0.717) is 12.2 Å². The number of rotatable bonds is 4. The van der Waals surface area contributed by atoms with Crippen molar-refractivity contribution in [2.24, 2.45) is 7.05 Å². The minimum Gasteiger partial charge on any atom is -0.350 e. The zero-order valence-corrected chi connectivity index (χ0v) is 11.1. The van der Waals surface area contributed by atoms with Crippen molar-refractivity contribution in [1.82, 2.24) is 15.1 Å². The Labute approximate surface area is 108 Å². The SMILES string of the molecule is Cc1ccc(CCNC(=O)c2cc(=O)[nH]n2C)s1. The molecule has 5 nitrogen and oxygen atoms in total. The van der Waals surface area contributed by atoms with E-state index in [1.165, 1.54) is 20.5 Å². The molecule has 0 atom stereocenters. The molecule has 0 spiro atoms. The molecule has 0 fully saturated rings. The molecule has 96 valence electrons. The van der Waals surface area contributed by atoms with Gasteiger partial charge in [0.25, 0.3) is 11.5 Å². The van der Waals surface area contributed by atoms with Gasteiger partial charge in [-0.1, -0.05) is 0 Å². The highest BCUT2D eigenvalue weighted by Gasteiger charge is 2.10. The molecule has 2 rings (SSSR count). The molecule has 2 N–H and O–H groups in total. The molecule has 1 amide bonds. The molecule has 0 radical (unpaired) electrons. The van der Waals surface area contributed by atoms with Crippen LogP contribution in [-0.4, -0.2) is 22.2 Å². The maximum Gasteiger partial charge on any atom is 0.269 e. The Kier molecular flexibility index (Phi) is 3.66. The third kappa shape index (κ3) is 2.89. The van der Waals surface area contributed by atoms with Crippen molar-refractivity contribution in [3.63, 3.8) is 0 Å². The number of carbonyl (C=O) groups excluding carboxylic acids is 1. The summed E-state index contributed by atoms with van der Waals surface area (Å²) in [5.74, 6) is -0.232. The van der Waals surface area contributed by atoms with Gasteiger partial charge in [0.15, 0.2) is 0 Å². The van der Waals surface area contributed by atoms with Gasteiger partial charge in [-0.3, -0.25) is 19.4 Å². The number of H-pyrrole nitrogens is 1. The topological polar surface area (TPSA) is 66.9 Å². The Morgan fingerprint density at radius 1 is 1.50 bits per heavy atom. The minimum atomic E-state index is -0.267. The van der Waals surface area contributed by atoms with E-state index in [0.717, 1.165) is 6.42 Å². The number of thiophene rings is 1. The van der Waals surface area contributed by atoms with Crippen molar-refractivity contribution < 1.29 is 4.79 Å². The Bertz CT molecular complexity index is 609. The number of hydrogen-bond donors (Lipinski definition) is 2. The van der Waals surface area contributed by atoms with E-state index in [-0.39, 0.29) is 11.5 Å². The van der Waals surface area contributed by atoms with E-state index in [1.54, 1.807) is 18.4 Å². The molecule has 0 aliphatic carbocycles.